The van der Waals surface area contributed by atoms with Gasteiger partial charge in [0.05, 0.1) is 13.2 Å². The van der Waals surface area contributed by atoms with E-state index in [4.69, 9.17) is 9.47 Å². The molecule has 0 spiro atoms. The molecule has 0 amide bonds. The monoisotopic (exact) mass is 382 g/mol. The normalized spacial score (nSPS) is 10.4. The smallest absolute Gasteiger partial charge is 0.120 e. The van der Waals surface area contributed by atoms with Gasteiger partial charge in [-0.1, -0.05) is 88.0 Å². The van der Waals surface area contributed by atoms with Crippen LogP contribution in [0.4, 0.5) is 0 Å². The molecule has 144 valence electrons. The van der Waals surface area contributed by atoms with Crippen molar-refractivity contribution in [2.45, 2.75) is 49.3 Å². The van der Waals surface area contributed by atoms with Gasteiger partial charge in [0.2, 0.25) is 0 Å². The van der Waals surface area contributed by atoms with Crippen LogP contribution >= 0.6 is 11.8 Å². The number of rotatable bonds is 12. The highest BCUT2D eigenvalue weighted by Gasteiger charge is 2.12. The molecule has 0 unspecified atom stereocenters. The van der Waals surface area contributed by atoms with E-state index in [-0.39, 0.29) is 0 Å². The second kappa shape index (κ2) is 11.6. The molecule has 2 aromatic carbocycles. The fraction of sp³-hybridized carbons (Fsp3) is 0.333. The van der Waals surface area contributed by atoms with Crippen LogP contribution in [0, 0.1) is 0 Å². The Balaban J connectivity index is 2.18. The molecular formula is C24H30O2S. The summed E-state index contributed by atoms with van der Waals surface area (Å²) < 4.78 is 11.7. The minimum absolute atomic E-state index is 0.701. The second-order valence-corrected chi connectivity index (χ2v) is 7.43. The van der Waals surface area contributed by atoms with Crippen LogP contribution in [0.15, 0.2) is 71.5 Å². The average Bonchev–Trinajstić information content (AvgIpc) is 2.69. The summed E-state index contributed by atoms with van der Waals surface area (Å²) in [5.74, 6) is 1.45. The SMILES string of the molecule is C=C(OCCCC)c1ccccc1Sc1ccccc1C(=C)OCCCC. The molecule has 3 heteroatoms. The van der Waals surface area contributed by atoms with Crippen LogP contribution in [0.2, 0.25) is 0 Å². The molecule has 0 aliphatic carbocycles. The van der Waals surface area contributed by atoms with Gasteiger partial charge in [0.1, 0.15) is 11.5 Å². The third-order valence-corrected chi connectivity index (χ3v) is 5.30. The third-order valence-electron chi connectivity index (χ3n) is 4.14. The Bertz CT molecular complexity index is 688. The Morgan fingerprint density at radius 3 is 1.56 bits per heavy atom. The van der Waals surface area contributed by atoms with E-state index in [1.165, 1.54) is 0 Å². The maximum atomic E-state index is 5.84. The molecule has 2 nitrogen and oxygen atoms in total. The topological polar surface area (TPSA) is 18.5 Å². The van der Waals surface area contributed by atoms with Gasteiger partial charge in [0.15, 0.2) is 0 Å². The van der Waals surface area contributed by atoms with Crippen LogP contribution in [0.25, 0.3) is 11.5 Å². The molecule has 0 heterocycles. The van der Waals surface area contributed by atoms with Crippen LogP contribution in [-0.2, 0) is 9.47 Å². The highest BCUT2D eigenvalue weighted by Crippen LogP contribution is 2.37. The van der Waals surface area contributed by atoms with Crippen LogP contribution in [0.5, 0.6) is 0 Å². The zero-order valence-corrected chi connectivity index (χ0v) is 17.3. The molecule has 0 N–H and O–H groups in total. The van der Waals surface area contributed by atoms with Gasteiger partial charge >= 0.3 is 0 Å². The van der Waals surface area contributed by atoms with Gasteiger partial charge < -0.3 is 9.47 Å². The van der Waals surface area contributed by atoms with Crippen molar-refractivity contribution < 1.29 is 9.47 Å². The van der Waals surface area contributed by atoms with Crippen LogP contribution in [0.1, 0.15) is 50.7 Å². The average molecular weight is 383 g/mol. The Hall–Kier alpha value is -2.13. The zero-order chi connectivity index (χ0) is 19.5. The van der Waals surface area contributed by atoms with E-state index in [9.17, 15) is 0 Å². The summed E-state index contributed by atoms with van der Waals surface area (Å²) in [4.78, 5) is 2.24. The van der Waals surface area contributed by atoms with E-state index in [2.05, 4.69) is 51.3 Å². The first kappa shape index (κ1) is 21.2. The predicted molar refractivity (Wildman–Crippen MR) is 117 cm³/mol. The summed E-state index contributed by atoms with van der Waals surface area (Å²) in [5, 5.41) is 0. The predicted octanol–water partition coefficient (Wildman–Crippen LogP) is 7.41. The van der Waals surface area contributed by atoms with Crippen LogP contribution < -0.4 is 0 Å². The summed E-state index contributed by atoms with van der Waals surface area (Å²) in [6, 6.07) is 16.5. The Kier molecular flexibility index (Phi) is 9.06. The van der Waals surface area contributed by atoms with E-state index in [1.807, 2.05) is 24.3 Å². The van der Waals surface area contributed by atoms with Gasteiger partial charge in [-0.15, -0.1) is 0 Å². The maximum absolute atomic E-state index is 5.84. The van der Waals surface area contributed by atoms with Crippen molar-refractivity contribution in [1.29, 1.82) is 0 Å². The quantitative estimate of drug-likeness (QED) is 0.281. The number of ether oxygens (including phenoxy) is 2. The standard InChI is InChI=1S/C24H30O2S/c1-5-7-17-25-19(3)21-13-9-11-15-23(21)27-24-16-12-10-14-22(24)20(4)26-18-8-6-2/h9-16H,3-8,17-18H2,1-2H3. The minimum Gasteiger partial charge on any atom is -0.494 e. The first-order valence-corrected chi connectivity index (χ1v) is 10.5. The fourth-order valence-corrected chi connectivity index (χ4v) is 3.64. The number of hydrogen-bond donors (Lipinski definition) is 0. The lowest BCUT2D eigenvalue weighted by atomic mass is 10.2. The lowest BCUT2D eigenvalue weighted by molar-refractivity contribution is 0.270. The van der Waals surface area contributed by atoms with Crippen molar-refractivity contribution in [2.75, 3.05) is 13.2 Å². The number of unbranched alkanes of at least 4 members (excludes halogenated alkanes) is 2. The van der Waals surface area contributed by atoms with Crippen molar-refractivity contribution in [3.05, 3.63) is 72.8 Å². The maximum Gasteiger partial charge on any atom is 0.120 e. The molecule has 2 rings (SSSR count). The van der Waals surface area contributed by atoms with Crippen molar-refractivity contribution in [1.82, 2.24) is 0 Å². The lowest BCUT2D eigenvalue weighted by Gasteiger charge is -2.16. The molecule has 2 aromatic rings. The lowest BCUT2D eigenvalue weighted by Crippen LogP contribution is -1.97. The summed E-state index contributed by atoms with van der Waals surface area (Å²) >= 11 is 1.69. The van der Waals surface area contributed by atoms with Gasteiger partial charge in [0, 0.05) is 20.9 Å². The van der Waals surface area contributed by atoms with E-state index < -0.39 is 0 Å². The largest absolute Gasteiger partial charge is 0.494 e. The molecule has 0 aromatic heterocycles. The molecule has 0 saturated carbocycles. The van der Waals surface area contributed by atoms with Crippen molar-refractivity contribution in [2.24, 2.45) is 0 Å². The molecule has 27 heavy (non-hydrogen) atoms. The molecule has 0 aliphatic rings. The molecule has 0 fully saturated rings. The van der Waals surface area contributed by atoms with E-state index >= 15 is 0 Å². The molecule has 0 radical (unpaired) electrons. The number of benzene rings is 2. The van der Waals surface area contributed by atoms with E-state index in [0.717, 1.165) is 58.1 Å². The van der Waals surface area contributed by atoms with Gasteiger partial charge in [0.25, 0.3) is 0 Å². The summed E-state index contributed by atoms with van der Waals surface area (Å²) in [6.07, 6.45) is 4.28. The highest BCUT2D eigenvalue weighted by molar-refractivity contribution is 7.99. The Morgan fingerprint density at radius 1 is 0.741 bits per heavy atom. The van der Waals surface area contributed by atoms with Gasteiger partial charge in [-0.05, 0) is 25.0 Å². The molecular weight excluding hydrogens is 352 g/mol. The third kappa shape index (κ3) is 6.51. The first-order valence-electron chi connectivity index (χ1n) is 9.67. The summed E-state index contributed by atoms with van der Waals surface area (Å²) in [6.45, 7) is 14.0. The van der Waals surface area contributed by atoms with Gasteiger partial charge in [-0.25, -0.2) is 0 Å². The van der Waals surface area contributed by atoms with E-state index in [1.54, 1.807) is 11.8 Å². The van der Waals surface area contributed by atoms with Crippen molar-refractivity contribution in [3.8, 4) is 0 Å². The van der Waals surface area contributed by atoms with Gasteiger partial charge in [-0.2, -0.15) is 0 Å². The summed E-state index contributed by atoms with van der Waals surface area (Å²) in [5.41, 5.74) is 2.07. The van der Waals surface area contributed by atoms with Crippen molar-refractivity contribution in [3.63, 3.8) is 0 Å². The molecule has 0 aliphatic heterocycles. The first-order chi connectivity index (χ1) is 13.2. The van der Waals surface area contributed by atoms with E-state index in [0.29, 0.717) is 13.2 Å². The van der Waals surface area contributed by atoms with Crippen LogP contribution in [0.3, 0.4) is 0 Å². The molecule has 0 bridgehead atoms. The summed E-state index contributed by atoms with van der Waals surface area (Å²) in [7, 11) is 0. The Morgan fingerprint density at radius 2 is 1.15 bits per heavy atom. The van der Waals surface area contributed by atoms with Crippen molar-refractivity contribution >= 4 is 23.3 Å². The van der Waals surface area contributed by atoms with Gasteiger partial charge in [-0.3, -0.25) is 0 Å². The fourth-order valence-electron chi connectivity index (χ4n) is 2.53. The second-order valence-electron chi connectivity index (χ2n) is 6.34. The number of hydrogen-bond acceptors (Lipinski definition) is 3. The highest BCUT2D eigenvalue weighted by atomic mass is 32.2. The molecule has 0 saturated heterocycles. The minimum atomic E-state index is 0.701. The molecule has 0 atom stereocenters. The van der Waals surface area contributed by atoms with Crippen LogP contribution in [-0.4, -0.2) is 13.2 Å². The Labute approximate surface area is 168 Å². The zero-order valence-electron chi connectivity index (χ0n) is 16.5.